The quantitative estimate of drug-likeness (QED) is 0.147. The van der Waals surface area contributed by atoms with E-state index in [1.54, 1.807) is 6.20 Å². The Balaban J connectivity index is 1.00. The number of likely N-dealkylation sites (tertiary alicyclic amines) is 2. The van der Waals surface area contributed by atoms with Gasteiger partial charge in [0.1, 0.15) is 5.52 Å². The predicted octanol–water partition coefficient (Wildman–Crippen LogP) is 6.31. The minimum Gasteiger partial charge on any atom is -0.393 e. The second-order valence-corrected chi connectivity index (χ2v) is 14.5. The third kappa shape index (κ3) is 6.96. The fourth-order valence-corrected chi connectivity index (χ4v) is 8.12. The van der Waals surface area contributed by atoms with Crippen LogP contribution >= 0.6 is 11.6 Å². The normalized spacial score (nSPS) is 20.1. The molecule has 3 aliphatic heterocycles. The Morgan fingerprint density at radius 1 is 0.922 bits per heavy atom. The molecule has 0 spiro atoms. The Hall–Kier alpha value is -4.39. The molecule has 4 N–H and O–H groups in total. The lowest BCUT2D eigenvalue weighted by Gasteiger charge is -2.38. The van der Waals surface area contributed by atoms with E-state index in [9.17, 15) is 15.0 Å². The average Bonchev–Trinajstić information content (AvgIpc) is 3.76. The summed E-state index contributed by atoms with van der Waals surface area (Å²) in [6, 6.07) is 17.9. The maximum Gasteiger partial charge on any atom is 0.276 e. The maximum absolute atomic E-state index is 13.6. The van der Waals surface area contributed by atoms with E-state index in [2.05, 4.69) is 36.6 Å². The van der Waals surface area contributed by atoms with Gasteiger partial charge in [0.2, 0.25) is 0 Å². The van der Waals surface area contributed by atoms with Crippen LogP contribution in [-0.2, 0) is 13.1 Å². The maximum atomic E-state index is 13.6. The van der Waals surface area contributed by atoms with Gasteiger partial charge in [-0.1, -0.05) is 35.9 Å². The molecule has 0 radical (unpaired) electrons. The van der Waals surface area contributed by atoms with Crippen LogP contribution in [0, 0.1) is 6.92 Å². The van der Waals surface area contributed by atoms with E-state index in [-0.39, 0.29) is 24.2 Å². The molecule has 6 heterocycles. The zero-order valence-electron chi connectivity index (χ0n) is 28.7. The molecule has 5 aromatic rings. The summed E-state index contributed by atoms with van der Waals surface area (Å²) in [6.45, 7) is 6.84. The molecule has 8 rings (SSSR count). The molecule has 2 saturated heterocycles. The standard InChI is InChI=1S/C39H43ClN8O3/c1-24-29(5-2-7-31(24)43-38-37-26(10-14-41-38)19-25(21-42-37)22-46-16-11-28(50)23-46)30-6-3-8-32(36(30)40)44-39(51)33-20-35-34(9-4-15-48(35)45-33)47-17-12-27(49)13-18-47/h2-3,5-8,10,14,19-21,27-28,34,49-50H,4,9,11-13,15-18,22-23H2,1H3,(H,41,43)(H,44,51)/t28-,34?/m1/s1. The number of anilines is 3. The van der Waals surface area contributed by atoms with Crippen LogP contribution in [0.15, 0.2) is 67.0 Å². The van der Waals surface area contributed by atoms with Crippen LogP contribution in [0.1, 0.15) is 65.5 Å². The first-order chi connectivity index (χ1) is 24.8. The molecule has 3 aromatic heterocycles. The Morgan fingerprint density at radius 2 is 1.71 bits per heavy atom. The summed E-state index contributed by atoms with van der Waals surface area (Å²) in [5.41, 5.74) is 7.40. The number of benzene rings is 2. The van der Waals surface area contributed by atoms with Gasteiger partial charge in [0.15, 0.2) is 11.5 Å². The van der Waals surface area contributed by atoms with Crippen LogP contribution in [0.5, 0.6) is 0 Å². The van der Waals surface area contributed by atoms with Gasteiger partial charge in [0.05, 0.1) is 34.7 Å². The first kappa shape index (κ1) is 33.7. The summed E-state index contributed by atoms with van der Waals surface area (Å²) < 4.78 is 1.97. The fraction of sp³-hybridized carbons (Fsp3) is 0.385. The van der Waals surface area contributed by atoms with E-state index in [1.807, 2.05) is 66.3 Å². The second kappa shape index (κ2) is 14.3. The van der Waals surface area contributed by atoms with E-state index >= 15 is 0 Å². The van der Waals surface area contributed by atoms with Crippen molar-refractivity contribution in [2.45, 2.75) is 70.4 Å². The molecular weight excluding hydrogens is 664 g/mol. The van der Waals surface area contributed by atoms with Crippen LogP contribution < -0.4 is 10.6 Å². The number of carbonyl (C=O) groups excluding carboxylic acids is 1. The number of hydrogen-bond acceptors (Lipinski definition) is 9. The number of aliphatic hydroxyl groups is 2. The molecule has 2 atom stereocenters. The number of halogens is 1. The molecule has 1 unspecified atom stereocenters. The van der Waals surface area contributed by atoms with Crippen molar-refractivity contribution in [3.8, 4) is 11.1 Å². The topological polar surface area (TPSA) is 132 Å². The van der Waals surface area contributed by atoms with Gasteiger partial charge in [0, 0.05) is 68.3 Å². The van der Waals surface area contributed by atoms with Gasteiger partial charge in [-0.15, -0.1) is 0 Å². The molecular formula is C39H43ClN8O3. The minimum absolute atomic E-state index is 0.198. The molecule has 1 amide bonds. The highest BCUT2D eigenvalue weighted by atomic mass is 35.5. The summed E-state index contributed by atoms with van der Waals surface area (Å²) in [5.74, 6) is 0.359. The van der Waals surface area contributed by atoms with Crippen molar-refractivity contribution in [2.24, 2.45) is 0 Å². The number of pyridine rings is 2. The third-order valence-electron chi connectivity index (χ3n) is 10.6. The van der Waals surface area contributed by atoms with Crippen LogP contribution in [0.2, 0.25) is 5.02 Å². The van der Waals surface area contributed by atoms with Crippen LogP contribution in [0.25, 0.3) is 22.0 Å². The van der Waals surface area contributed by atoms with Gasteiger partial charge in [-0.2, -0.15) is 5.10 Å². The molecule has 264 valence electrons. The summed E-state index contributed by atoms with van der Waals surface area (Å²) in [7, 11) is 0. The molecule has 2 aromatic carbocycles. The van der Waals surface area contributed by atoms with Crippen molar-refractivity contribution in [2.75, 3.05) is 36.8 Å². The van der Waals surface area contributed by atoms with Crippen LogP contribution in [0.3, 0.4) is 0 Å². The van der Waals surface area contributed by atoms with Gasteiger partial charge in [-0.05, 0) is 86.1 Å². The number of fused-ring (bicyclic) bond motifs is 2. The smallest absolute Gasteiger partial charge is 0.276 e. The number of nitrogens with one attached hydrogen (secondary N) is 2. The molecule has 11 nitrogen and oxygen atoms in total. The summed E-state index contributed by atoms with van der Waals surface area (Å²) in [4.78, 5) is 27.7. The monoisotopic (exact) mass is 706 g/mol. The summed E-state index contributed by atoms with van der Waals surface area (Å²) in [6.07, 6.45) is 7.57. The highest BCUT2D eigenvalue weighted by molar-refractivity contribution is 6.36. The Bertz CT molecular complexity index is 2080. The van der Waals surface area contributed by atoms with Gasteiger partial charge in [-0.3, -0.25) is 24.3 Å². The molecule has 12 heteroatoms. The second-order valence-electron chi connectivity index (χ2n) is 14.1. The summed E-state index contributed by atoms with van der Waals surface area (Å²) in [5, 5.41) is 32.6. The number of β-amino-alcohol motifs (C(OH)–C–C–N with tert-alkyl or cyclic N) is 1. The van der Waals surface area contributed by atoms with Gasteiger partial charge >= 0.3 is 0 Å². The number of aromatic nitrogens is 4. The fourth-order valence-electron chi connectivity index (χ4n) is 7.85. The first-order valence-electron chi connectivity index (χ1n) is 17.9. The number of nitrogens with zero attached hydrogens (tertiary/aromatic N) is 6. The molecule has 0 bridgehead atoms. The number of piperidine rings is 1. The SMILES string of the molecule is Cc1c(Nc2nccc3cc(CN4CC[C@@H](O)C4)cnc23)cccc1-c1cccc(NC(=O)c2cc3n(n2)CCCC3N2CCC(O)CC2)c1Cl. The number of rotatable bonds is 8. The highest BCUT2D eigenvalue weighted by Crippen LogP contribution is 2.39. The van der Waals surface area contributed by atoms with E-state index in [0.717, 1.165) is 109 Å². The van der Waals surface area contributed by atoms with Crippen molar-refractivity contribution in [3.05, 3.63) is 94.5 Å². The van der Waals surface area contributed by atoms with Crippen molar-refractivity contribution < 1.29 is 15.0 Å². The molecule has 51 heavy (non-hydrogen) atoms. The molecule has 0 saturated carbocycles. The lowest BCUT2D eigenvalue weighted by molar-refractivity contribution is 0.0512. The molecule has 2 fully saturated rings. The Labute approximate surface area is 302 Å². The number of aliphatic hydroxyl groups excluding tert-OH is 2. The lowest BCUT2D eigenvalue weighted by Crippen LogP contribution is -2.40. The van der Waals surface area contributed by atoms with Crippen molar-refractivity contribution in [1.29, 1.82) is 0 Å². The minimum atomic E-state index is -0.299. The van der Waals surface area contributed by atoms with E-state index in [1.165, 1.54) is 0 Å². The third-order valence-corrected chi connectivity index (χ3v) is 11.0. The predicted molar refractivity (Wildman–Crippen MR) is 199 cm³/mol. The average molecular weight is 707 g/mol. The molecule has 3 aliphatic rings. The Morgan fingerprint density at radius 3 is 2.51 bits per heavy atom. The number of carbonyl (C=O) groups is 1. The summed E-state index contributed by atoms with van der Waals surface area (Å²) >= 11 is 7.03. The van der Waals surface area contributed by atoms with Crippen molar-refractivity contribution >= 4 is 45.6 Å². The van der Waals surface area contributed by atoms with Crippen LogP contribution in [0.4, 0.5) is 17.2 Å². The zero-order valence-corrected chi connectivity index (χ0v) is 29.5. The number of hydrogen-bond donors (Lipinski definition) is 4. The van der Waals surface area contributed by atoms with E-state index in [4.69, 9.17) is 16.6 Å². The zero-order chi connectivity index (χ0) is 35.1. The number of aryl methyl sites for hydroxylation is 1. The lowest BCUT2D eigenvalue weighted by atomic mass is 9.98. The number of amides is 1. The Kier molecular flexibility index (Phi) is 9.47. The van der Waals surface area contributed by atoms with Gasteiger partial charge in [-0.25, -0.2) is 4.98 Å². The van der Waals surface area contributed by atoms with Gasteiger partial charge < -0.3 is 20.8 Å². The van der Waals surface area contributed by atoms with Gasteiger partial charge in [0.25, 0.3) is 5.91 Å². The van der Waals surface area contributed by atoms with E-state index in [0.29, 0.717) is 28.8 Å². The first-order valence-corrected chi connectivity index (χ1v) is 18.3. The highest BCUT2D eigenvalue weighted by Gasteiger charge is 2.31. The molecule has 0 aliphatic carbocycles. The van der Waals surface area contributed by atoms with E-state index < -0.39 is 0 Å². The van der Waals surface area contributed by atoms with Crippen molar-refractivity contribution in [1.82, 2.24) is 29.5 Å². The largest absolute Gasteiger partial charge is 0.393 e. The van der Waals surface area contributed by atoms with Crippen molar-refractivity contribution in [3.63, 3.8) is 0 Å². The van der Waals surface area contributed by atoms with Crippen LogP contribution in [-0.4, -0.2) is 84.1 Å².